The molecular formula is C16H15N3O3. The number of nitrogens with two attached hydrogens (primary N) is 1. The summed E-state index contributed by atoms with van der Waals surface area (Å²) in [6, 6.07) is 11.2. The molecule has 1 heterocycles. The highest BCUT2D eigenvalue weighted by molar-refractivity contribution is 6.03. The first kappa shape index (κ1) is 13.9. The second-order valence-electron chi connectivity index (χ2n) is 4.65. The van der Waals surface area contributed by atoms with Crippen molar-refractivity contribution in [2.45, 2.75) is 0 Å². The maximum Gasteiger partial charge on any atom is 0.224 e. The van der Waals surface area contributed by atoms with Crippen molar-refractivity contribution in [2.24, 2.45) is 0 Å². The number of nitrogen functional groups attached to an aromatic ring is 1. The molecule has 3 rings (SSSR count). The van der Waals surface area contributed by atoms with Crippen LogP contribution in [0.3, 0.4) is 0 Å². The van der Waals surface area contributed by atoms with Gasteiger partial charge in [-0.1, -0.05) is 30.3 Å². The second-order valence-corrected chi connectivity index (χ2v) is 4.65. The van der Waals surface area contributed by atoms with E-state index in [1.54, 1.807) is 20.3 Å². The molecule has 0 aliphatic heterocycles. The average molecular weight is 297 g/mol. The lowest BCUT2D eigenvalue weighted by molar-refractivity contribution is 0.356. The van der Waals surface area contributed by atoms with E-state index in [9.17, 15) is 5.11 Å². The minimum atomic E-state index is -0.192. The smallest absolute Gasteiger partial charge is 0.224 e. The number of ether oxygens (including phenoxy) is 2. The number of hydrogen-bond donors (Lipinski definition) is 2. The molecule has 2 aromatic carbocycles. The largest absolute Gasteiger partial charge is 0.493 e. The Bertz CT molecular complexity index is 835. The molecule has 0 aliphatic rings. The normalized spacial score (nSPS) is 10.6. The van der Waals surface area contributed by atoms with Gasteiger partial charge in [0, 0.05) is 11.6 Å². The van der Waals surface area contributed by atoms with Gasteiger partial charge < -0.3 is 20.3 Å². The molecule has 0 radical (unpaired) electrons. The van der Waals surface area contributed by atoms with Gasteiger partial charge in [-0.25, -0.2) is 4.98 Å². The summed E-state index contributed by atoms with van der Waals surface area (Å²) in [5, 5.41) is 10.7. The molecule has 3 aromatic rings. The van der Waals surface area contributed by atoms with Crippen LogP contribution in [0.15, 0.2) is 36.4 Å². The lowest BCUT2D eigenvalue weighted by Gasteiger charge is -2.16. The average Bonchev–Trinajstić information content (AvgIpc) is 2.53. The summed E-state index contributed by atoms with van der Waals surface area (Å²) in [4.78, 5) is 8.02. The number of rotatable bonds is 3. The van der Waals surface area contributed by atoms with Crippen LogP contribution in [-0.2, 0) is 0 Å². The van der Waals surface area contributed by atoms with Crippen molar-refractivity contribution in [2.75, 3.05) is 20.0 Å². The number of benzene rings is 2. The van der Waals surface area contributed by atoms with Crippen LogP contribution in [0, 0.1) is 0 Å². The number of methoxy groups -OCH3 is 2. The van der Waals surface area contributed by atoms with Gasteiger partial charge in [-0.3, -0.25) is 0 Å². The Morgan fingerprint density at radius 1 is 1.05 bits per heavy atom. The van der Waals surface area contributed by atoms with E-state index in [1.807, 2.05) is 30.3 Å². The standard InChI is InChI=1S/C16H15N3O3/c1-21-11-8-10-13(15(20)19-16(17)18-10)12(14(11)22-2)9-6-4-3-5-7-9/h3-8H,1-2H3,(H3,17,18,19,20). The first-order chi connectivity index (χ1) is 10.7. The van der Waals surface area contributed by atoms with Crippen LogP contribution < -0.4 is 15.2 Å². The predicted octanol–water partition coefficient (Wildman–Crippen LogP) is 2.60. The molecule has 0 aliphatic carbocycles. The first-order valence-corrected chi connectivity index (χ1v) is 6.62. The van der Waals surface area contributed by atoms with Crippen LogP contribution in [0.4, 0.5) is 5.95 Å². The molecule has 0 bridgehead atoms. The molecule has 0 saturated carbocycles. The Morgan fingerprint density at radius 2 is 1.77 bits per heavy atom. The minimum absolute atomic E-state index is 0.00349. The van der Waals surface area contributed by atoms with Crippen molar-refractivity contribution in [3.63, 3.8) is 0 Å². The van der Waals surface area contributed by atoms with Crippen molar-refractivity contribution in [3.05, 3.63) is 36.4 Å². The lowest BCUT2D eigenvalue weighted by Crippen LogP contribution is -2.00. The highest BCUT2D eigenvalue weighted by Gasteiger charge is 2.21. The quantitative estimate of drug-likeness (QED) is 0.772. The summed E-state index contributed by atoms with van der Waals surface area (Å²) in [6.07, 6.45) is 0. The zero-order valence-corrected chi connectivity index (χ0v) is 12.2. The summed E-state index contributed by atoms with van der Waals surface area (Å²) in [6.45, 7) is 0. The fraction of sp³-hybridized carbons (Fsp3) is 0.125. The predicted molar refractivity (Wildman–Crippen MR) is 84.2 cm³/mol. The van der Waals surface area contributed by atoms with Gasteiger partial charge in [0.25, 0.3) is 0 Å². The molecule has 22 heavy (non-hydrogen) atoms. The van der Waals surface area contributed by atoms with Gasteiger partial charge in [-0.2, -0.15) is 4.98 Å². The molecule has 6 heteroatoms. The maximum atomic E-state index is 10.3. The minimum Gasteiger partial charge on any atom is -0.493 e. The number of anilines is 1. The van der Waals surface area contributed by atoms with Gasteiger partial charge in [0.15, 0.2) is 11.5 Å². The molecule has 0 spiro atoms. The van der Waals surface area contributed by atoms with E-state index >= 15 is 0 Å². The van der Waals surface area contributed by atoms with Gasteiger partial charge in [-0.15, -0.1) is 0 Å². The van der Waals surface area contributed by atoms with Crippen LogP contribution in [-0.4, -0.2) is 29.3 Å². The van der Waals surface area contributed by atoms with E-state index in [0.29, 0.717) is 28.0 Å². The third-order valence-corrected chi connectivity index (χ3v) is 3.39. The SMILES string of the molecule is COc1cc2nc(N)nc(O)c2c(-c2ccccc2)c1OC. The molecule has 0 saturated heterocycles. The first-order valence-electron chi connectivity index (χ1n) is 6.62. The molecular weight excluding hydrogens is 282 g/mol. The summed E-state index contributed by atoms with van der Waals surface area (Å²) in [7, 11) is 3.09. The fourth-order valence-electron chi connectivity index (χ4n) is 2.49. The Labute approximate surface area is 127 Å². The highest BCUT2D eigenvalue weighted by Crippen LogP contribution is 2.45. The number of hydrogen-bond acceptors (Lipinski definition) is 6. The van der Waals surface area contributed by atoms with Gasteiger partial charge in [0.1, 0.15) is 0 Å². The monoisotopic (exact) mass is 297 g/mol. The van der Waals surface area contributed by atoms with Crippen molar-refractivity contribution < 1.29 is 14.6 Å². The highest BCUT2D eigenvalue weighted by atomic mass is 16.5. The molecule has 0 unspecified atom stereocenters. The third-order valence-electron chi connectivity index (χ3n) is 3.39. The van der Waals surface area contributed by atoms with E-state index in [-0.39, 0.29) is 11.8 Å². The van der Waals surface area contributed by atoms with Crippen LogP contribution in [0.1, 0.15) is 0 Å². The number of aromatic nitrogens is 2. The second kappa shape index (κ2) is 5.40. The van der Waals surface area contributed by atoms with E-state index in [0.717, 1.165) is 5.56 Å². The summed E-state index contributed by atoms with van der Waals surface area (Å²) < 4.78 is 10.9. The molecule has 3 N–H and O–H groups in total. The molecule has 6 nitrogen and oxygen atoms in total. The van der Waals surface area contributed by atoms with Crippen molar-refractivity contribution >= 4 is 16.9 Å². The Kier molecular flexibility index (Phi) is 3.42. The van der Waals surface area contributed by atoms with E-state index in [1.165, 1.54) is 0 Å². The molecule has 0 atom stereocenters. The molecule has 0 amide bonds. The van der Waals surface area contributed by atoms with E-state index < -0.39 is 0 Å². The van der Waals surface area contributed by atoms with Crippen LogP contribution in [0.5, 0.6) is 17.4 Å². The van der Waals surface area contributed by atoms with Crippen LogP contribution in [0.25, 0.3) is 22.0 Å². The third kappa shape index (κ3) is 2.14. The van der Waals surface area contributed by atoms with Gasteiger partial charge in [-0.05, 0) is 5.56 Å². The maximum absolute atomic E-state index is 10.3. The summed E-state index contributed by atoms with van der Waals surface area (Å²) >= 11 is 0. The summed E-state index contributed by atoms with van der Waals surface area (Å²) in [5.41, 5.74) is 7.62. The number of aromatic hydroxyl groups is 1. The fourth-order valence-corrected chi connectivity index (χ4v) is 2.49. The van der Waals surface area contributed by atoms with Gasteiger partial charge >= 0.3 is 0 Å². The van der Waals surface area contributed by atoms with Crippen LogP contribution in [0.2, 0.25) is 0 Å². The zero-order valence-electron chi connectivity index (χ0n) is 12.2. The van der Waals surface area contributed by atoms with E-state index in [4.69, 9.17) is 15.2 Å². The number of nitrogens with zero attached hydrogens (tertiary/aromatic N) is 2. The van der Waals surface area contributed by atoms with E-state index in [2.05, 4.69) is 9.97 Å². The summed E-state index contributed by atoms with van der Waals surface area (Å²) in [5.74, 6) is 0.815. The number of fused-ring (bicyclic) bond motifs is 1. The molecule has 112 valence electrons. The Morgan fingerprint density at radius 3 is 2.41 bits per heavy atom. The van der Waals surface area contributed by atoms with Gasteiger partial charge in [0.05, 0.1) is 25.1 Å². The topological polar surface area (TPSA) is 90.5 Å². The zero-order chi connectivity index (χ0) is 15.7. The van der Waals surface area contributed by atoms with Crippen molar-refractivity contribution in [3.8, 4) is 28.5 Å². The van der Waals surface area contributed by atoms with Gasteiger partial charge in [0.2, 0.25) is 11.8 Å². The lowest BCUT2D eigenvalue weighted by atomic mass is 9.99. The van der Waals surface area contributed by atoms with Crippen molar-refractivity contribution in [1.82, 2.24) is 9.97 Å². The van der Waals surface area contributed by atoms with Crippen molar-refractivity contribution in [1.29, 1.82) is 0 Å². The molecule has 1 aromatic heterocycles. The Hall–Kier alpha value is -3.02. The Balaban J connectivity index is 2.50. The molecule has 0 fully saturated rings. The van der Waals surface area contributed by atoms with Crippen LogP contribution >= 0.6 is 0 Å².